The van der Waals surface area contributed by atoms with Gasteiger partial charge in [-0.25, -0.2) is 0 Å². The maximum atomic E-state index is 6.32. The summed E-state index contributed by atoms with van der Waals surface area (Å²) in [6.45, 7) is 4.73. The van der Waals surface area contributed by atoms with Gasteiger partial charge in [0.15, 0.2) is 0 Å². The summed E-state index contributed by atoms with van der Waals surface area (Å²) in [5.74, 6) is 0. The van der Waals surface area contributed by atoms with E-state index in [9.17, 15) is 0 Å². The quantitative estimate of drug-likeness (QED) is 0.893. The first-order chi connectivity index (χ1) is 8.18. The van der Waals surface area contributed by atoms with Crippen molar-refractivity contribution in [2.45, 2.75) is 50.6 Å². The first-order valence-corrected chi connectivity index (χ1v) is 7.65. The van der Waals surface area contributed by atoms with E-state index in [1.54, 1.807) is 10.4 Å². The Hall–Kier alpha value is -0.380. The van der Waals surface area contributed by atoms with E-state index in [0.717, 1.165) is 0 Å². The van der Waals surface area contributed by atoms with Crippen molar-refractivity contribution in [3.63, 3.8) is 0 Å². The topological polar surface area (TPSA) is 29.3 Å². The number of thiophene rings is 1. The van der Waals surface area contributed by atoms with E-state index >= 15 is 0 Å². The Morgan fingerprint density at radius 3 is 3.06 bits per heavy atom. The van der Waals surface area contributed by atoms with Gasteiger partial charge in [0.05, 0.1) is 0 Å². The zero-order chi connectivity index (χ0) is 11.9. The van der Waals surface area contributed by atoms with Gasteiger partial charge in [0, 0.05) is 29.5 Å². The van der Waals surface area contributed by atoms with Gasteiger partial charge in [0.2, 0.25) is 0 Å². The first-order valence-electron chi connectivity index (χ1n) is 6.77. The predicted molar refractivity (Wildman–Crippen MR) is 73.4 cm³/mol. The van der Waals surface area contributed by atoms with E-state index in [0.29, 0.717) is 6.04 Å². The molecule has 0 amide bonds. The van der Waals surface area contributed by atoms with E-state index in [2.05, 4.69) is 23.3 Å². The second kappa shape index (κ2) is 4.38. The van der Waals surface area contributed by atoms with Gasteiger partial charge < -0.3 is 5.73 Å². The molecule has 3 rings (SSSR count). The number of hydrogen-bond donors (Lipinski definition) is 1. The van der Waals surface area contributed by atoms with Gasteiger partial charge in [-0.1, -0.05) is 0 Å². The Bertz CT molecular complexity index is 395. The summed E-state index contributed by atoms with van der Waals surface area (Å²) in [7, 11) is 0. The fourth-order valence-corrected chi connectivity index (χ4v) is 4.08. The van der Waals surface area contributed by atoms with Crippen LogP contribution in [0.4, 0.5) is 0 Å². The van der Waals surface area contributed by atoms with E-state index in [4.69, 9.17) is 5.73 Å². The van der Waals surface area contributed by atoms with E-state index in [-0.39, 0.29) is 5.54 Å². The van der Waals surface area contributed by atoms with Crippen LogP contribution in [0.25, 0.3) is 0 Å². The zero-order valence-corrected chi connectivity index (χ0v) is 11.4. The number of nitrogens with two attached hydrogens (primary N) is 1. The van der Waals surface area contributed by atoms with Crippen LogP contribution in [0.1, 0.15) is 49.1 Å². The smallest absolute Gasteiger partial charge is 0.0331 e. The first kappa shape index (κ1) is 11.7. The van der Waals surface area contributed by atoms with Crippen molar-refractivity contribution in [2.24, 2.45) is 5.73 Å². The van der Waals surface area contributed by atoms with Crippen LogP contribution in [-0.2, 0) is 6.42 Å². The molecule has 1 aliphatic heterocycles. The van der Waals surface area contributed by atoms with Gasteiger partial charge in [0.1, 0.15) is 0 Å². The second-order valence-corrected chi connectivity index (χ2v) is 6.73. The minimum absolute atomic E-state index is 0.175. The summed E-state index contributed by atoms with van der Waals surface area (Å²) in [4.78, 5) is 4.21. The maximum absolute atomic E-state index is 6.32. The molecule has 2 N–H and O–H groups in total. The third-order valence-corrected chi connectivity index (χ3v) is 5.65. The van der Waals surface area contributed by atoms with Crippen LogP contribution in [0.3, 0.4) is 0 Å². The lowest BCUT2D eigenvalue weighted by molar-refractivity contribution is 0.148. The number of nitrogens with zero attached hydrogens (tertiary/aromatic N) is 1. The van der Waals surface area contributed by atoms with Crippen molar-refractivity contribution in [1.82, 2.24) is 4.90 Å². The minimum Gasteiger partial charge on any atom is -0.325 e. The molecule has 17 heavy (non-hydrogen) atoms. The Labute approximate surface area is 108 Å². The van der Waals surface area contributed by atoms with Gasteiger partial charge in [-0.3, -0.25) is 4.90 Å². The van der Waals surface area contributed by atoms with Crippen molar-refractivity contribution in [3.8, 4) is 0 Å². The third-order valence-electron chi connectivity index (χ3n) is 4.65. The molecule has 1 unspecified atom stereocenters. The Morgan fingerprint density at radius 1 is 1.53 bits per heavy atom. The maximum Gasteiger partial charge on any atom is 0.0331 e. The lowest BCUT2D eigenvalue weighted by atomic mass is 9.75. The lowest BCUT2D eigenvalue weighted by Crippen LogP contribution is -2.49. The van der Waals surface area contributed by atoms with Crippen molar-refractivity contribution in [1.29, 1.82) is 0 Å². The summed E-state index contributed by atoms with van der Waals surface area (Å²) in [6.07, 6.45) is 6.21. The molecule has 1 fully saturated rings. The highest BCUT2D eigenvalue weighted by atomic mass is 32.1. The van der Waals surface area contributed by atoms with Crippen LogP contribution >= 0.6 is 11.3 Å². The summed E-state index contributed by atoms with van der Waals surface area (Å²) in [5, 5.41) is 2.24. The van der Waals surface area contributed by atoms with Crippen LogP contribution < -0.4 is 5.73 Å². The summed E-state index contributed by atoms with van der Waals surface area (Å²) < 4.78 is 0. The summed E-state index contributed by atoms with van der Waals surface area (Å²) >= 11 is 1.92. The molecule has 1 saturated carbocycles. The molecular formula is C14H22N2S. The predicted octanol–water partition coefficient (Wildman–Crippen LogP) is 2.94. The van der Waals surface area contributed by atoms with Crippen LogP contribution in [0.5, 0.6) is 0 Å². The molecule has 1 aliphatic carbocycles. The molecule has 0 aromatic carbocycles. The molecule has 0 saturated heterocycles. The van der Waals surface area contributed by atoms with Crippen molar-refractivity contribution in [2.75, 3.05) is 13.1 Å². The molecule has 3 heteroatoms. The molecule has 1 aromatic heterocycles. The molecule has 1 atom stereocenters. The van der Waals surface area contributed by atoms with Gasteiger partial charge in [-0.05, 0) is 56.0 Å². The number of rotatable bonds is 3. The summed E-state index contributed by atoms with van der Waals surface area (Å²) in [5.41, 5.74) is 8.05. The fourth-order valence-electron chi connectivity index (χ4n) is 3.11. The highest BCUT2D eigenvalue weighted by Gasteiger charge is 2.33. The Morgan fingerprint density at radius 2 is 2.35 bits per heavy atom. The van der Waals surface area contributed by atoms with Crippen LogP contribution in [-0.4, -0.2) is 23.5 Å². The van der Waals surface area contributed by atoms with Crippen LogP contribution in [0.2, 0.25) is 0 Å². The van der Waals surface area contributed by atoms with Crippen LogP contribution in [0, 0.1) is 0 Å². The normalized spacial score (nSPS) is 27.5. The van der Waals surface area contributed by atoms with E-state index < -0.39 is 0 Å². The highest BCUT2D eigenvalue weighted by Crippen LogP contribution is 2.36. The standard InChI is InChI=1S/C14H22N2S/c1-11-12-4-10-17-13(12)3-8-16(11)9-7-14(15)5-2-6-14/h4,10-11H,2-3,5-9,15H2,1H3. The fraction of sp³-hybridized carbons (Fsp3) is 0.714. The molecule has 0 radical (unpaired) electrons. The van der Waals surface area contributed by atoms with E-state index in [1.165, 1.54) is 45.2 Å². The molecule has 1 aromatic rings. The molecule has 2 aliphatic rings. The Kier molecular flexibility index (Phi) is 3.01. The van der Waals surface area contributed by atoms with Gasteiger partial charge >= 0.3 is 0 Å². The van der Waals surface area contributed by atoms with Crippen LogP contribution in [0.15, 0.2) is 11.4 Å². The summed E-state index contributed by atoms with van der Waals surface area (Å²) in [6, 6.07) is 2.90. The van der Waals surface area contributed by atoms with Gasteiger partial charge in [-0.15, -0.1) is 11.3 Å². The van der Waals surface area contributed by atoms with Gasteiger partial charge in [-0.2, -0.15) is 0 Å². The largest absolute Gasteiger partial charge is 0.325 e. The average Bonchev–Trinajstić information content (AvgIpc) is 2.75. The number of fused-ring (bicyclic) bond motifs is 1. The van der Waals surface area contributed by atoms with Crippen molar-refractivity contribution in [3.05, 3.63) is 21.9 Å². The third kappa shape index (κ3) is 2.16. The van der Waals surface area contributed by atoms with Gasteiger partial charge in [0.25, 0.3) is 0 Å². The number of hydrogen-bond acceptors (Lipinski definition) is 3. The SMILES string of the molecule is CC1c2ccsc2CCN1CCC1(N)CCC1. The molecule has 0 spiro atoms. The lowest BCUT2D eigenvalue weighted by Gasteiger charge is -2.41. The zero-order valence-electron chi connectivity index (χ0n) is 10.6. The monoisotopic (exact) mass is 250 g/mol. The Balaban J connectivity index is 1.62. The van der Waals surface area contributed by atoms with Crippen molar-refractivity contribution < 1.29 is 0 Å². The van der Waals surface area contributed by atoms with Crippen molar-refractivity contribution >= 4 is 11.3 Å². The molecule has 2 nitrogen and oxygen atoms in total. The molecule has 94 valence electrons. The average molecular weight is 250 g/mol. The minimum atomic E-state index is 0.175. The van der Waals surface area contributed by atoms with E-state index in [1.807, 2.05) is 11.3 Å². The molecule has 2 heterocycles. The second-order valence-electron chi connectivity index (χ2n) is 5.73. The highest BCUT2D eigenvalue weighted by molar-refractivity contribution is 7.10. The molecule has 0 bridgehead atoms. The molecular weight excluding hydrogens is 228 g/mol.